The predicted octanol–water partition coefficient (Wildman–Crippen LogP) is 3.98. The Kier molecular flexibility index (Phi) is 8.88. The molecule has 3 rings (SSSR count). The third-order valence-corrected chi connectivity index (χ3v) is 6.96. The van der Waals surface area contributed by atoms with Crippen molar-refractivity contribution in [2.75, 3.05) is 13.2 Å². The van der Waals surface area contributed by atoms with Crippen LogP contribution in [0.1, 0.15) is 44.6 Å². The van der Waals surface area contributed by atoms with Crippen molar-refractivity contribution < 1.29 is 17.9 Å². The average molecular weight is 457 g/mol. The van der Waals surface area contributed by atoms with Crippen LogP contribution in [0.25, 0.3) is 0 Å². The maximum atomic E-state index is 13.0. The van der Waals surface area contributed by atoms with E-state index in [-0.39, 0.29) is 17.2 Å². The molecule has 172 valence electrons. The van der Waals surface area contributed by atoms with Crippen molar-refractivity contribution in [1.82, 2.24) is 10.0 Å². The van der Waals surface area contributed by atoms with Crippen LogP contribution in [0.3, 0.4) is 0 Å². The zero-order chi connectivity index (χ0) is 22.8. The van der Waals surface area contributed by atoms with Gasteiger partial charge >= 0.3 is 0 Å². The minimum absolute atomic E-state index is 0.0965. The van der Waals surface area contributed by atoms with Gasteiger partial charge in [0, 0.05) is 6.54 Å². The van der Waals surface area contributed by atoms with Crippen LogP contribution in [0.5, 0.6) is 5.75 Å². The zero-order valence-electron chi connectivity index (χ0n) is 18.5. The van der Waals surface area contributed by atoms with Crippen LogP contribution in [0.15, 0.2) is 71.1 Å². The Hall–Kier alpha value is -2.64. The zero-order valence-corrected chi connectivity index (χ0v) is 19.4. The molecule has 1 atom stereocenters. The van der Waals surface area contributed by atoms with Gasteiger partial charge in [0.15, 0.2) is 0 Å². The van der Waals surface area contributed by atoms with E-state index in [1.54, 1.807) is 12.1 Å². The van der Waals surface area contributed by atoms with Gasteiger partial charge in [0.1, 0.15) is 11.8 Å². The van der Waals surface area contributed by atoms with Crippen LogP contribution >= 0.6 is 0 Å². The van der Waals surface area contributed by atoms with Gasteiger partial charge < -0.3 is 10.1 Å². The molecule has 32 heavy (non-hydrogen) atoms. The number of hydrogen-bond acceptors (Lipinski definition) is 4. The summed E-state index contributed by atoms with van der Waals surface area (Å²) in [6, 6.07) is 14.7. The number of carbonyl (C=O) groups is 1. The monoisotopic (exact) mass is 456 g/mol. The van der Waals surface area contributed by atoms with Crippen LogP contribution in [0.2, 0.25) is 0 Å². The fourth-order valence-electron chi connectivity index (χ4n) is 3.78. The minimum atomic E-state index is -3.88. The molecule has 7 heteroatoms. The summed E-state index contributed by atoms with van der Waals surface area (Å²) in [7, 11) is -3.88. The topological polar surface area (TPSA) is 84.5 Å². The molecule has 0 heterocycles. The highest BCUT2D eigenvalue weighted by atomic mass is 32.2. The Morgan fingerprint density at radius 1 is 1.06 bits per heavy atom. The molecule has 2 aromatic carbocycles. The Morgan fingerprint density at radius 2 is 1.81 bits per heavy atom. The van der Waals surface area contributed by atoms with Crippen molar-refractivity contribution >= 4 is 15.9 Å². The maximum Gasteiger partial charge on any atom is 0.241 e. The molecule has 2 N–H and O–H groups in total. The van der Waals surface area contributed by atoms with E-state index in [2.05, 4.69) is 16.1 Å². The summed E-state index contributed by atoms with van der Waals surface area (Å²) in [6.45, 7) is 2.87. The first-order valence-corrected chi connectivity index (χ1v) is 12.7. The number of allylic oxidation sites excluding steroid dienone is 1. The standard InChI is InChI=1S/C25H32N2O4S/c1-2-31-22-13-15-23(16-14-22)32(29,30)27-24(19-21-11-7-4-8-12-21)25(28)26-18-17-20-9-5-3-6-10-20/h4,7-9,11-16,24,27H,2-3,5-6,10,17-19H2,1H3,(H,26,28). The van der Waals surface area contributed by atoms with Crippen LogP contribution in [0.4, 0.5) is 0 Å². The quantitative estimate of drug-likeness (QED) is 0.501. The number of carbonyl (C=O) groups excluding carboxylic acids is 1. The molecular formula is C25H32N2O4S. The first-order valence-electron chi connectivity index (χ1n) is 11.2. The molecule has 0 saturated carbocycles. The highest BCUT2D eigenvalue weighted by Gasteiger charge is 2.26. The summed E-state index contributed by atoms with van der Waals surface area (Å²) in [6.07, 6.45) is 7.92. The largest absolute Gasteiger partial charge is 0.494 e. The summed E-state index contributed by atoms with van der Waals surface area (Å²) < 4.78 is 34.0. The van der Waals surface area contributed by atoms with Gasteiger partial charge in [-0.3, -0.25) is 4.79 Å². The lowest BCUT2D eigenvalue weighted by Gasteiger charge is -2.20. The van der Waals surface area contributed by atoms with Crippen molar-refractivity contribution in [2.45, 2.75) is 56.4 Å². The number of nitrogens with one attached hydrogen (secondary N) is 2. The molecule has 0 fully saturated rings. The van der Waals surface area contributed by atoms with Gasteiger partial charge in [-0.25, -0.2) is 8.42 Å². The Bertz CT molecular complexity index is 1000. The van der Waals surface area contributed by atoms with Crippen LogP contribution < -0.4 is 14.8 Å². The van der Waals surface area contributed by atoms with Crippen LogP contribution in [-0.4, -0.2) is 33.5 Å². The third-order valence-electron chi connectivity index (χ3n) is 5.47. The number of amides is 1. The van der Waals surface area contributed by atoms with Gasteiger partial charge in [0.25, 0.3) is 0 Å². The van der Waals surface area contributed by atoms with Crippen molar-refractivity contribution in [3.8, 4) is 5.75 Å². The van der Waals surface area contributed by atoms with E-state index in [1.807, 2.05) is 37.3 Å². The Morgan fingerprint density at radius 3 is 2.47 bits per heavy atom. The number of ether oxygens (including phenoxy) is 1. The lowest BCUT2D eigenvalue weighted by Crippen LogP contribution is -2.48. The number of benzene rings is 2. The van der Waals surface area contributed by atoms with Crippen LogP contribution in [0, 0.1) is 0 Å². The van der Waals surface area contributed by atoms with Gasteiger partial charge in [-0.2, -0.15) is 4.72 Å². The molecule has 0 aromatic heterocycles. The highest BCUT2D eigenvalue weighted by Crippen LogP contribution is 2.20. The Balaban J connectivity index is 1.69. The molecule has 0 aliphatic heterocycles. The van der Waals surface area contributed by atoms with E-state index in [4.69, 9.17) is 4.74 Å². The predicted molar refractivity (Wildman–Crippen MR) is 126 cm³/mol. The van der Waals surface area contributed by atoms with Gasteiger partial charge in [-0.15, -0.1) is 0 Å². The number of hydrogen-bond donors (Lipinski definition) is 2. The fraction of sp³-hybridized carbons (Fsp3) is 0.400. The molecule has 0 spiro atoms. The normalized spacial score (nSPS) is 15.0. The van der Waals surface area contributed by atoms with E-state index in [9.17, 15) is 13.2 Å². The summed E-state index contributed by atoms with van der Waals surface area (Å²) in [5.74, 6) is 0.279. The summed E-state index contributed by atoms with van der Waals surface area (Å²) >= 11 is 0. The molecule has 2 aromatic rings. The van der Waals surface area contributed by atoms with Crippen molar-refractivity contribution in [3.05, 3.63) is 71.8 Å². The highest BCUT2D eigenvalue weighted by molar-refractivity contribution is 7.89. The van der Waals surface area contributed by atoms with E-state index in [1.165, 1.54) is 30.5 Å². The second-order valence-corrected chi connectivity index (χ2v) is 9.63. The molecule has 0 radical (unpaired) electrons. The number of rotatable bonds is 11. The molecule has 0 bridgehead atoms. The van der Waals surface area contributed by atoms with Crippen molar-refractivity contribution in [1.29, 1.82) is 0 Å². The summed E-state index contributed by atoms with van der Waals surface area (Å²) in [4.78, 5) is 13.1. The summed E-state index contributed by atoms with van der Waals surface area (Å²) in [5.41, 5.74) is 2.25. The van der Waals surface area contributed by atoms with Gasteiger partial charge in [0.2, 0.25) is 15.9 Å². The van der Waals surface area contributed by atoms with E-state index < -0.39 is 16.1 Å². The van der Waals surface area contributed by atoms with Crippen LogP contribution in [-0.2, 0) is 21.2 Å². The smallest absolute Gasteiger partial charge is 0.241 e. The SMILES string of the molecule is CCOc1ccc(S(=O)(=O)NC(Cc2ccccc2)C(=O)NCCC2=CCCCC2)cc1. The molecule has 6 nitrogen and oxygen atoms in total. The number of sulfonamides is 1. The fourth-order valence-corrected chi connectivity index (χ4v) is 4.97. The summed E-state index contributed by atoms with van der Waals surface area (Å²) in [5, 5.41) is 2.92. The second-order valence-electron chi connectivity index (χ2n) is 7.92. The second kappa shape index (κ2) is 11.8. The van der Waals surface area contributed by atoms with Gasteiger partial charge in [0.05, 0.1) is 11.5 Å². The minimum Gasteiger partial charge on any atom is -0.494 e. The molecule has 1 aliphatic rings. The van der Waals surface area contributed by atoms with E-state index >= 15 is 0 Å². The molecule has 1 aliphatic carbocycles. The average Bonchev–Trinajstić information content (AvgIpc) is 2.80. The molecule has 1 unspecified atom stereocenters. The molecule has 1 amide bonds. The van der Waals surface area contributed by atoms with Crippen molar-refractivity contribution in [3.63, 3.8) is 0 Å². The Labute approximate surface area is 191 Å². The molecule has 0 saturated heterocycles. The first kappa shape index (κ1) is 24.0. The van der Waals surface area contributed by atoms with Crippen molar-refractivity contribution in [2.24, 2.45) is 0 Å². The van der Waals surface area contributed by atoms with Gasteiger partial charge in [-0.05, 0) is 75.3 Å². The first-order chi connectivity index (χ1) is 15.5. The van der Waals surface area contributed by atoms with E-state index in [0.29, 0.717) is 18.9 Å². The lowest BCUT2D eigenvalue weighted by atomic mass is 9.97. The lowest BCUT2D eigenvalue weighted by molar-refractivity contribution is -0.122. The van der Waals surface area contributed by atoms with E-state index in [0.717, 1.165) is 24.8 Å². The molecular weight excluding hydrogens is 424 g/mol. The van der Waals surface area contributed by atoms with Gasteiger partial charge in [-0.1, -0.05) is 42.0 Å². The maximum absolute atomic E-state index is 13.0. The third kappa shape index (κ3) is 7.21.